The van der Waals surface area contributed by atoms with Crippen molar-refractivity contribution in [3.05, 3.63) is 33.0 Å². The Labute approximate surface area is 195 Å². The fourth-order valence-electron chi connectivity index (χ4n) is 4.04. The molecule has 0 N–H and O–H groups in total. The van der Waals surface area contributed by atoms with E-state index in [1.807, 2.05) is 0 Å². The number of aryl methyl sites for hydroxylation is 2. The highest BCUT2D eigenvalue weighted by Crippen LogP contribution is 2.45. The fourth-order valence-corrected chi connectivity index (χ4v) is 6.71. The summed E-state index contributed by atoms with van der Waals surface area (Å²) in [5, 5.41) is 0. The van der Waals surface area contributed by atoms with Gasteiger partial charge in [-0.2, -0.15) is 0 Å². The van der Waals surface area contributed by atoms with Gasteiger partial charge in [-0.25, -0.2) is 0 Å². The average molecular weight is 447 g/mol. The summed E-state index contributed by atoms with van der Waals surface area (Å²) in [5.74, 6) is 0. The third-order valence-corrected chi connectivity index (χ3v) is 9.25. The quantitative estimate of drug-likeness (QED) is 0.301. The first-order chi connectivity index (χ1) is 14.1. The summed E-state index contributed by atoms with van der Waals surface area (Å²) in [6.45, 7) is 18.8. The van der Waals surface area contributed by atoms with Crippen LogP contribution in [0, 0.1) is 0 Å². The van der Waals surface area contributed by atoms with Gasteiger partial charge in [-0.1, -0.05) is 93.9 Å². The number of hydrogen-bond donors (Lipinski definition) is 0. The monoisotopic (exact) mass is 446 g/mol. The second-order valence-corrected chi connectivity index (χ2v) is 13.2. The van der Waals surface area contributed by atoms with E-state index in [1.54, 1.807) is 20.9 Å². The molecule has 0 aliphatic heterocycles. The Balaban J connectivity index is 2.37. The molecule has 0 nitrogen and oxygen atoms in total. The van der Waals surface area contributed by atoms with Crippen LogP contribution < -0.4 is 0 Å². The lowest BCUT2D eigenvalue weighted by Gasteiger charge is -2.19. The highest BCUT2D eigenvalue weighted by atomic mass is 32.1. The molecule has 2 heterocycles. The van der Waals surface area contributed by atoms with Crippen molar-refractivity contribution in [3.8, 4) is 9.75 Å². The molecule has 0 spiro atoms. The number of thiophene rings is 2. The van der Waals surface area contributed by atoms with Gasteiger partial charge in [0.25, 0.3) is 0 Å². The van der Waals surface area contributed by atoms with Crippen molar-refractivity contribution >= 4 is 22.7 Å². The van der Waals surface area contributed by atoms with Crippen molar-refractivity contribution in [3.63, 3.8) is 0 Å². The molecule has 0 saturated heterocycles. The highest BCUT2D eigenvalue weighted by molar-refractivity contribution is 7.22. The van der Waals surface area contributed by atoms with Crippen molar-refractivity contribution < 1.29 is 0 Å². The normalized spacial score (nSPS) is 12.7. The molecule has 0 fully saturated rings. The average Bonchev–Trinajstić information content (AvgIpc) is 3.26. The molecule has 0 aliphatic rings. The van der Waals surface area contributed by atoms with Crippen LogP contribution in [0.25, 0.3) is 9.75 Å². The van der Waals surface area contributed by atoms with Gasteiger partial charge in [0.2, 0.25) is 0 Å². The maximum atomic E-state index is 2.56. The van der Waals surface area contributed by atoms with Gasteiger partial charge in [0.1, 0.15) is 0 Å². The van der Waals surface area contributed by atoms with Gasteiger partial charge in [0.15, 0.2) is 0 Å². The van der Waals surface area contributed by atoms with Crippen molar-refractivity contribution in [2.45, 2.75) is 130 Å². The van der Waals surface area contributed by atoms with E-state index in [2.05, 4.69) is 90.2 Å². The third-order valence-electron chi connectivity index (χ3n) is 5.86. The first-order valence-corrected chi connectivity index (χ1v) is 14.0. The Morgan fingerprint density at radius 3 is 1.70 bits per heavy atom. The second-order valence-electron chi connectivity index (χ2n) is 11.1. The lowest BCUT2D eigenvalue weighted by Crippen LogP contribution is -2.11. The topological polar surface area (TPSA) is 0 Å². The summed E-state index contributed by atoms with van der Waals surface area (Å²) in [5.41, 5.74) is 3.67. The largest absolute Gasteiger partial charge is 0.139 e. The minimum Gasteiger partial charge on any atom is -0.139 e. The zero-order valence-electron chi connectivity index (χ0n) is 21.0. The summed E-state index contributed by atoms with van der Waals surface area (Å²) >= 11 is 4.13. The molecule has 0 bridgehead atoms. The molecule has 0 aromatic carbocycles. The molecular formula is C28H46S2. The van der Waals surface area contributed by atoms with Gasteiger partial charge >= 0.3 is 0 Å². The minimum absolute atomic E-state index is 0.230. The van der Waals surface area contributed by atoms with Crippen LogP contribution in [0.5, 0.6) is 0 Å². The van der Waals surface area contributed by atoms with Gasteiger partial charge in [0.05, 0.1) is 0 Å². The lowest BCUT2D eigenvalue weighted by molar-refractivity contribution is 0.590. The molecule has 2 heteroatoms. The number of hydrogen-bond acceptors (Lipinski definition) is 2. The second kappa shape index (κ2) is 11.3. The summed E-state index contributed by atoms with van der Waals surface area (Å²) in [6.07, 6.45) is 13.2. The van der Waals surface area contributed by atoms with E-state index in [0.29, 0.717) is 0 Å². The third kappa shape index (κ3) is 7.23. The highest BCUT2D eigenvalue weighted by Gasteiger charge is 2.25. The van der Waals surface area contributed by atoms with Crippen LogP contribution in [0.2, 0.25) is 0 Å². The Kier molecular flexibility index (Phi) is 9.68. The van der Waals surface area contributed by atoms with Crippen LogP contribution in [-0.4, -0.2) is 0 Å². The van der Waals surface area contributed by atoms with Crippen LogP contribution in [0.1, 0.15) is 128 Å². The summed E-state index contributed by atoms with van der Waals surface area (Å²) < 4.78 is 0. The van der Waals surface area contributed by atoms with E-state index < -0.39 is 0 Å². The molecule has 0 amide bonds. The van der Waals surface area contributed by atoms with Crippen LogP contribution in [-0.2, 0) is 23.7 Å². The van der Waals surface area contributed by atoms with Crippen molar-refractivity contribution in [2.75, 3.05) is 0 Å². The van der Waals surface area contributed by atoms with Gasteiger partial charge in [-0.15, -0.1) is 22.7 Å². The Morgan fingerprint density at radius 2 is 1.20 bits per heavy atom. The molecule has 170 valence electrons. The van der Waals surface area contributed by atoms with Crippen LogP contribution >= 0.6 is 22.7 Å². The Hall–Kier alpha value is -0.600. The number of unbranched alkanes of at least 4 members (excludes halogenated alkanes) is 6. The molecule has 0 atom stereocenters. The van der Waals surface area contributed by atoms with Crippen molar-refractivity contribution in [1.29, 1.82) is 0 Å². The predicted molar refractivity (Wildman–Crippen MR) is 141 cm³/mol. The van der Waals surface area contributed by atoms with E-state index in [0.717, 1.165) is 0 Å². The maximum absolute atomic E-state index is 2.56. The van der Waals surface area contributed by atoms with Crippen LogP contribution in [0.4, 0.5) is 0 Å². The molecule has 0 aliphatic carbocycles. The van der Waals surface area contributed by atoms with Crippen molar-refractivity contribution in [2.24, 2.45) is 0 Å². The van der Waals surface area contributed by atoms with Crippen LogP contribution in [0.15, 0.2) is 12.1 Å². The molecule has 2 rings (SSSR count). The molecule has 2 aromatic heterocycles. The SMILES string of the molecule is CCCCCCc1cc(C(C)(C)C)sc1-c1cc(CCCCCC)c(C(C)(C)C)s1. The molecule has 30 heavy (non-hydrogen) atoms. The Morgan fingerprint density at radius 1 is 0.633 bits per heavy atom. The van der Waals surface area contributed by atoms with Crippen molar-refractivity contribution in [1.82, 2.24) is 0 Å². The van der Waals surface area contributed by atoms with E-state index in [1.165, 1.54) is 74.0 Å². The van der Waals surface area contributed by atoms with Crippen LogP contribution in [0.3, 0.4) is 0 Å². The maximum Gasteiger partial charge on any atom is 0.0477 e. The van der Waals surface area contributed by atoms with E-state index >= 15 is 0 Å². The molecule has 2 aromatic rings. The van der Waals surface area contributed by atoms with Gasteiger partial charge < -0.3 is 0 Å². The van der Waals surface area contributed by atoms with E-state index in [4.69, 9.17) is 0 Å². The van der Waals surface area contributed by atoms with E-state index in [-0.39, 0.29) is 10.8 Å². The number of rotatable bonds is 11. The summed E-state index contributed by atoms with van der Waals surface area (Å²) in [6, 6.07) is 5.09. The summed E-state index contributed by atoms with van der Waals surface area (Å²) in [4.78, 5) is 6.23. The minimum atomic E-state index is 0.230. The Bertz CT molecular complexity index is 762. The lowest BCUT2D eigenvalue weighted by atomic mass is 9.90. The zero-order chi connectivity index (χ0) is 22.4. The fraction of sp³-hybridized carbons (Fsp3) is 0.714. The molecule has 0 unspecified atom stereocenters. The van der Waals surface area contributed by atoms with Gasteiger partial charge in [-0.3, -0.25) is 0 Å². The first-order valence-electron chi connectivity index (χ1n) is 12.3. The first kappa shape index (κ1) is 25.7. The predicted octanol–water partition coefficient (Wildman–Crippen LogP) is 10.3. The molecular weight excluding hydrogens is 400 g/mol. The molecule has 0 radical (unpaired) electrons. The summed E-state index contributed by atoms with van der Waals surface area (Å²) in [7, 11) is 0. The van der Waals surface area contributed by atoms with Gasteiger partial charge in [0, 0.05) is 19.5 Å². The standard InChI is InChI=1S/C28H46S2/c1-9-11-13-15-17-21-20-24(27(3,4)5)30-25(21)23-19-22(18-16-14-12-10-2)26(29-23)28(6,7)8/h19-20H,9-18H2,1-8H3. The smallest absolute Gasteiger partial charge is 0.0477 e. The van der Waals surface area contributed by atoms with E-state index in [9.17, 15) is 0 Å². The zero-order valence-corrected chi connectivity index (χ0v) is 22.7. The molecule has 0 saturated carbocycles. The van der Waals surface area contributed by atoms with Gasteiger partial charge in [-0.05, 0) is 59.8 Å².